The van der Waals surface area contributed by atoms with Gasteiger partial charge < -0.3 is 14.6 Å². The molecular formula is C15H16N4O5S. The summed E-state index contributed by atoms with van der Waals surface area (Å²) in [6.45, 7) is 3.65. The van der Waals surface area contributed by atoms with Crippen molar-refractivity contribution in [3.05, 3.63) is 27.1 Å². The van der Waals surface area contributed by atoms with Gasteiger partial charge in [-0.15, -0.1) is 11.3 Å². The first-order valence-corrected chi connectivity index (χ1v) is 8.37. The highest BCUT2D eigenvalue weighted by molar-refractivity contribution is 7.20. The van der Waals surface area contributed by atoms with Crippen LogP contribution in [-0.4, -0.2) is 51.6 Å². The number of aryl methyl sites for hydroxylation is 2. The molecule has 0 aromatic carbocycles. The molecule has 3 rings (SSSR count). The molecule has 0 bridgehead atoms. The SMILES string of the molecule is Cc1c(C(=O)O[C@H](C)C(=O)N2CCNC2=O)sc2ncn(C)c(=O)c12. The van der Waals surface area contributed by atoms with E-state index in [1.54, 1.807) is 14.0 Å². The van der Waals surface area contributed by atoms with Crippen molar-refractivity contribution in [2.45, 2.75) is 20.0 Å². The molecule has 3 amide bonds. The smallest absolute Gasteiger partial charge is 0.349 e. The van der Waals surface area contributed by atoms with Crippen LogP contribution in [0.5, 0.6) is 0 Å². The number of esters is 1. The van der Waals surface area contributed by atoms with Crippen LogP contribution < -0.4 is 10.9 Å². The first kappa shape index (κ1) is 17.1. The molecule has 132 valence electrons. The highest BCUT2D eigenvalue weighted by atomic mass is 32.1. The first-order chi connectivity index (χ1) is 11.8. The quantitative estimate of drug-likeness (QED) is 0.790. The molecule has 10 heteroatoms. The fraction of sp³-hybridized carbons (Fsp3) is 0.400. The topological polar surface area (TPSA) is 111 Å². The summed E-state index contributed by atoms with van der Waals surface area (Å²) in [5.41, 5.74) is 0.216. The van der Waals surface area contributed by atoms with Crippen LogP contribution in [-0.2, 0) is 16.6 Å². The number of nitrogens with one attached hydrogen (secondary N) is 1. The van der Waals surface area contributed by atoms with Gasteiger partial charge in [-0.05, 0) is 19.4 Å². The lowest BCUT2D eigenvalue weighted by Crippen LogP contribution is -2.41. The lowest BCUT2D eigenvalue weighted by atomic mass is 10.2. The van der Waals surface area contributed by atoms with Gasteiger partial charge in [-0.2, -0.15) is 0 Å². The third-order valence-electron chi connectivity index (χ3n) is 3.95. The predicted molar refractivity (Wildman–Crippen MR) is 89.6 cm³/mol. The molecule has 1 fully saturated rings. The first-order valence-electron chi connectivity index (χ1n) is 7.56. The number of carbonyl (C=O) groups excluding carboxylic acids is 3. The van der Waals surface area contributed by atoms with Crippen molar-refractivity contribution in [2.75, 3.05) is 13.1 Å². The molecule has 2 aromatic heterocycles. The zero-order valence-corrected chi connectivity index (χ0v) is 14.7. The van der Waals surface area contributed by atoms with Gasteiger partial charge in [0.05, 0.1) is 11.7 Å². The minimum Gasteiger partial charge on any atom is -0.448 e. The maximum absolute atomic E-state index is 12.4. The minimum atomic E-state index is -1.11. The fourth-order valence-corrected chi connectivity index (χ4v) is 3.59. The Labute approximate surface area is 146 Å². The van der Waals surface area contributed by atoms with E-state index >= 15 is 0 Å². The van der Waals surface area contributed by atoms with Gasteiger partial charge in [0.2, 0.25) is 0 Å². The van der Waals surface area contributed by atoms with Crippen molar-refractivity contribution in [1.29, 1.82) is 0 Å². The van der Waals surface area contributed by atoms with Gasteiger partial charge in [0.25, 0.3) is 11.5 Å². The number of thiophene rings is 1. The van der Waals surface area contributed by atoms with Crippen LogP contribution in [0.25, 0.3) is 10.2 Å². The Morgan fingerprint density at radius 2 is 2.12 bits per heavy atom. The van der Waals surface area contributed by atoms with Crippen LogP contribution >= 0.6 is 11.3 Å². The van der Waals surface area contributed by atoms with Gasteiger partial charge in [0.1, 0.15) is 9.71 Å². The van der Waals surface area contributed by atoms with E-state index in [0.717, 1.165) is 16.2 Å². The van der Waals surface area contributed by atoms with Gasteiger partial charge in [0.15, 0.2) is 6.10 Å². The Balaban J connectivity index is 1.84. The molecule has 0 unspecified atom stereocenters. The zero-order chi connectivity index (χ0) is 18.3. The molecule has 1 atom stereocenters. The summed E-state index contributed by atoms with van der Waals surface area (Å²) in [5.74, 6) is -1.31. The molecule has 0 spiro atoms. The molecule has 1 aliphatic heterocycles. The lowest BCUT2D eigenvalue weighted by molar-refractivity contribution is -0.136. The molecule has 2 aromatic rings. The van der Waals surface area contributed by atoms with E-state index in [1.165, 1.54) is 17.8 Å². The largest absolute Gasteiger partial charge is 0.448 e. The Morgan fingerprint density at radius 1 is 1.40 bits per heavy atom. The van der Waals surface area contributed by atoms with Crippen molar-refractivity contribution in [2.24, 2.45) is 7.05 Å². The number of urea groups is 1. The zero-order valence-electron chi connectivity index (χ0n) is 13.9. The van der Waals surface area contributed by atoms with Crippen LogP contribution in [0.15, 0.2) is 11.1 Å². The number of nitrogens with zero attached hydrogens (tertiary/aromatic N) is 3. The third kappa shape index (κ3) is 2.88. The van der Waals surface area contributed by atoms with Gasteiger partial charge >= 0.3 is 12.0 Å². The van der Waals surface area contributed by atoms with Crippen molar-refractivity contribution in [3.63, 3.8) is 0 Å². The lowest BCUT2D eigenvalue weighted by Gasteiger charge is -2.17. The van der Waals surface area contributed by atoms with Crippen molar-refractivity contribution in [3.8, 4) is 0 Å². The summed E-state index contributed by atoms with van der Waals surface area (Å²) in [6, 6.07) is -0.501. The highest BCUT2D eigenvalue weighted by Crippen LogP contribution is 2.27. The molecule has 1 aliphatic rings. The third-order valence-corrected chi connectivity index (χ3v) is 5.13. The Morgan fingerprint density at radius 3 is 2.76 bits per heavy atom. The standard InChI is InChI=1S/C15H16N4O5S/c1-7-9-11(17-6-18(3)13(9)21)25-10(7)14(22)24-8(2)12(20)19-5-4-16-15(19)23/h6,8H,4-5H2,1-3H3,(H,16,23)/t8-/m1/s1. The molecule has 3 heterocycles. The number of fused-ring (bicyclic) bond motifs is 1. The molecule has 0 aliphatic carbocycles. The molecule has 1 N–H and O–H groups in total. The Kier molecular flexibility index (Phi) is 4.29. The Hall–Kier alpha value is -2.75. The minimum absolute atomic E-state index is 0.219. The van der Waals surface area contributed by atoms with E-state index in [1.807, 2.05) is 0 Å². The van der Waals surface area contributed by atoms with E-state index in [2.05, 4.69) is 10.3 Å². The average Bonchev–Trinajstić information content (AvgIpc) is 3.14. The van der Waals surface area contributed by atoms with Gasteiger partial charge in [0, 0.05) is 20.1 Å². The van der Waals surface area contributed by atoms with Gasteiger partial charge in [-0.1, -0.05) is 0 Å². The molecule has 25 heavy (non-hydrogen) atoms. The van der Waals surface area contributed by atoms with Gasteiger partial charge in [-0.3, -0.25) is 14.5 Å². The molecule has 0 saturated carbocycles. The van der Waals surface area contributed by atoms with Crippen molar-refractivity contribution < 1.29 is 19.1 Å². The van der Waals surface area contributed by atoms with E-state index in [-0.39, 0.29) is 17.0 Å². The number of ether oxygens (including phenoxy) is 1. The average molecular weight is 364 g/mol. The predicted octanol–water partition coefficient (Wildman–Crippen LogP) is 0.401. The summed E-state index contributed by atoms with van der Waals surface area (Å²) in [4.78, 5) is 54.2. The highest BCUT2D eigenvalue weighted by Gasteiger charge is 2.32. The van der Waals surface area contributed by atoms with E-state index < -0.39 is 24.0 Å². The monoisotopic (exact) mass is 364 g/mol. The fourth-order valence-electron chi connectivity index (χ4n) is 2.57. The van der Waals surface area contributed by atoms with Crippen molar-refractivity contribution >= 4 is 39.5 Å². The maximum Gasteiger partial charge on any atom is 0.349 e. The number of hydrogen-bond donors (Lipinski definition) is 1. The summed E-state index contributed by atoms with van der Waals surface area (Å²) < 4.78 is 6.53. The molecule has 1 saturated heterocycles. The number of hydrogen-bond acceptors (Lipinski definition) is 7. The second kappa shape index (κ2) is 6.28. The number of amides is 3. The summed E-state index contributed by atoms with van der Waals surface area (Å²) in [7, 11) is 1.58. The second-order valence-electron chi connectivity index (χ2n) is 5.67. The van der Waals surface area contributed by atoms with Crippen LogP contribution in [0, 0.1) is 6.92 Å². The number of aromatic nitrogens is 2. The van der Waals surface area contributed by atoms with E-state index in [9.17, 15) is 19.2 Å². The van der Waals surface area contributed by atoms with Crippen LogP contribution in [0.2, 0.25) is 0 Å². The summed E-state index contributed by atoms with van der Waals surface area (Å²) in [6.07, 6.45) is 0.269. The van der Waals surface area contributed by atoms with Crippen molar-refractivity contribution in [1.82, 2.24) is 19.8 Å². The summed E-state index contributed by atoms with van der Waals surface area (Å²) in [5, 5.41) is 2.87. The van der Waals surface area contributed by atoms with E-state index in [0.29, 0.717) is 22.3 Å². The summed E-state index contributed by atoms with van der Waals surface area (Å²) >= 11 is 1.04. The Bertz CT molecular complexity index is 947. The van der Waals surface area contributed by atoms with Crippen LogP contribution in [0.4, 0.5) is 4.79 Å². The second-order valence-corrected chi connectivity index (χ2v) is 6.67. The van der Waals surface area contributed by atoms with E-state index in [4.69, 9.17) is 4.74 Å². The normalized spacial score (nSPS) is 15.3. The number of carbonyl (C=O) groups is 3. The number of imide groups is 1. The molecule has 9 nitrogen and oxygen atoms in total. The van der Waals surface area contributed by atoms with Gasteiger partial charge in [-0.25, -0.2) is 14.6 Å². The molecule has 0 radical (unpaired) electrons. The molecular weight excluding hydrogens is 348 g/mol. The van der Waals surface area contributed by atoms with Crippen LogP contribution in [0.3, 0.4) is 0 Å². The van der Waals surface area contributed by atoms with Crippen LogP contribution in [0.1, 0.15) is 22.2 Å². The number of rotatable bonds is 3. The maximum atomic E-state index is 12.4.